The number of methoxy groups -OCH3 is 1. The van der Waals surface area contributed by atoms with E-state index in [2.05, 4.69) is 45.1 Å². The summed E-state index contributed by atoms with van der Waals surface area (Å²) in [6.45, 7) is 10.5. The van der Waals surface area contributed by atoms with Gasteiger partial charge in [-0.15, -0.1) is 11.6 Å². The maximum atomic E-state index is 5.69. The monoisotopic (exact) mass is 269 g/mol. The minimum Gasteiger partial charge on any atom is -0.496 e. The molecule has 0 aliphatic rings. The predicted molar refractivity (Wildman–Crippen MR) is 79.1 cm³/mol. The number of benzene rings is 1. The molecule has 0 saturated carbocycles. The molecule has 0 unspecified atom stereocenters. The summed E-state index contributed by atoms with van der Waals surface area (Å²) in [6, 6.07) is 4.35. The molecule has 1 aromatic rings. The Labute approximate surface area is 116 Å². The average Bonchev–Trinajstić information content (AvgIpc) is 2.31. The second kappa shape index (κ2) is 6.44. The second-order valence-corrected chi connectivity index (χ2v) is 5.76. The number of aryl methyl sites for hydroxylation is 2. The van der Waals surface area contributed by atoms with Crippen LogP contribution in [0.4, 0.5) is 0 Å². The number of hydrogen-bond donors (Lipinski definition) is 1. The second-order valence-electron chi connectivity index (χ2n) is 5.39. The number of rotatable bonds is 6. The minimum absolute atomic E-state index is 0.0905. The van der Waals surface area contributed by atoms with E-state index in [4.69, 9.17) is 16.3 Å². The molecule has 0 fully saturated rings. The molecule has 1 aromatic carbocycles. The van der Waals surface area contributed by atoms with Crippen LogP contribution in [0.2, 0.25) is 0 Å². The molecule has 0 atom stereocenters. The Morgan fingerprint density at radius 3 is 2.44 bits per heavy atom. The lowest BCUT2D eigenvalue weighted by atomic mass is 9.81. The first-order valence-corrected chi connectivity index (χ1v) is 6.88. The maximum Gasteiger partial charge on any atom is 0.122 e. The number of nitrogens with one attached hydrogen (secondary N) is 1. The summed E-state index contributed by atoms with van der Waals surface area (Å²) in [5, 5.41) is 3.39. The maximum absolute atomic E-state index is 5.69. The first-order valence-electron chi connectivity index (χ1n) is 6.34. The average molecular weight is 270 g/mol. The van der Waals surface area contributed by atoms with Crippen molar-refractivity contribution in [1.29, 1.82) is 0 Å². The van der Waals surface area contributed by atoms with E-state index < -0.39 is 0 Å². The van der Waals surface area contributed by atoms with Crippen molar-refractivity contribution in [3.05, 3.63) is 28.8 Å². The topological polar surface area (TPSA) is 21.3 Å². The van der Waals surface area contributed by atoms with Gasteiger partial charge >= 0.3 is 0 Å². The Balaban J connectivity index is 2.97. The first kappa shape index (κ1) is 15.3. The van der Waals surface area contributed by atoms with Gasteiger partial charge in [-0.25, -0.2) is 0 Å². The molecule has 0 heterocycles. The molecule has 0 radical (unpaired) electrons. The fourth-order valence-corrected chi connectivity index (χ4v) is 2.44. The van der Waals surface area contributed by atoms with Gasteiger partial charge in [0.05, 0.1) is 7.11 Å². The van der Waals surface area contributed by atoms with Crippen molar-refractivity contribution in [3.8, 4) is 5.75 Å². The van der Waals surface area contributed by atoms with Crippen LogP contribution in [0.1, 0.15) is 30.5 Å². The van der Waals surface area contributed by atoms with E-state index >= 15 is 0 Å². The Kier molecular flexibility index (Phi) is 5.48. The van der Waals surface area contributed by atoms with E-state index in [9.17, 15) is 0 Å². The van der Waals surface area contributed by atoms with Gasteiger partial charge in [0.2, 0.25) is 0 Å². The lowest BCUT2D eigenvalue weighted by molar-refractivity contribution is 0.409. The number of alkyl halides is 1. The van der Waals surface area contributed by atoms with E-state index in [1.807, 2.05) is 0 Å². The molecule has 102 valence electrons. The zero-order valence-corrected chi connectivity index (χ0v) is 12.8. The zero-order valence-electron chi connectivity index (χ0n) is 12.1. The third-order valence-electron chi connectivity index (χ3n) is 3.31. The third-order valence-corrected chi connectivity index (χ3v) is 3.50. The van der Waals surface area contributed by atoms with Crippen LogP contribution in [0.5, 0.6) is 5.75 Å². The third kappa shape index (κ3) is 3.63. The van der Waals surface area contributed by atoms with Crippen LogP contribution < -0.4 is 10.1 Å². The summed E-state index contributed by atoms with van der Waals surface area (Å²) in [5.74, 6) is 1.61. The Morgan fingerprint density at radius 1 is 1.22 bits per heavy atom. The fourth-order valence-electron chi connectivity index (χ4n) is 2.30. The van der Waals surface area contributed by atoms with Gasteiger partial charge in [-0.3, -0.25) is 0 Å². The summed E-state index contributed by atoms with van der Waals surface area (Å²) in [7, 11) is 1.72. The van der Waals surface area contributed by atoms with E-state index in [1.165, 1.54) is 16.7 Å². The normalized spacial score (nSPS) is 11.7. The molecule has 0 amide bonds. The van der Waals surface area contributed by atoms with Crippen molar-refractivity contribution < 1.29 is 4.74 Å². The van der Waals surface area contributed by atoms with Gasteiger partial charge in [0.15, 0.2) is 0 Å². The van der Waals surface area contributed by atoms with E-state index in [1.54, 1.807) is 7.11 Å². The molecular weight excluding hydrogens is 246 g/mol. The molecule has 0 spiro atoms. The largest absolute Gasteiger partial charge is 0.496 e. The van der Waals surface area contributed by atoms with Crippen LogP contribution in [-0.4, -0.2) is 26.1 Å². The molecule has 2 nitrogen and oxygen atoms in total. The number of halogens is 1. The van der Waals surface area contributed by atoms with Crippen LogP contribution in [0, 0.1) is 13.8 Å². The predicted octanol–water partition coefficient (Wildman–Crippen LogP) is 3.42. The van der Waals surface area contributed by atoms with Gasteiger partial charge < -0.3 is 10.1 Å². The van der Waals surface area contributed by atoms with E-state index in [0.29, 0.717) is 5.88 Å². The summed E-state index contributed by atoms with van der Waals surface area (Å²) in [5.41, 5.74) is 3.91. The standard InChI is InChI=1S/C15H24ClNO/c1-11-9-14(18-5)12(2)8-13(11)15(3,4)10-17-7-6-16/h8-9,17H,6-7,10H2,1-5H3. The molecule has 3 heteroatoms. The lowest BCUT2D eigenvalue weighted by Gasteiger charge is -2.28. The number of hydrogen-bond acceptors (Lipinski definition) is 2. The SMILES string of the molecule is COc1cc(C)c(C(C)(C)CNCCCl)cc1C. The summed E-state index contributed by atoms with van der Waals surface area (Å²) in [6.07, 6.45) is 0. The lowest BCUT2D eigenvalue weighted by Crippen LogP contribution is -2.34. The summed E-state index contributed by atoms with van der Waals surface area (Å²) in [4.78, 5) is 0. The fraction of sp³-hybridized carbons (Fsp3) is 0.600. The highest BCUT2D eigenvalue weighted by Gasteiger charge is 2.23. The minimum atomic E-state index is 0.0905. The molecule has 0 aliphatic heterocycles. The Morgan fingerprint density at radius 2 is 1.89 bits per heavy atom. The van der Waals surface area contributed by atoms with Crippen molar-refractivity contribution in [3.63, 3.8) is 0 Å². The first-order chi connectivity index (χ1) is 8.42. The molecule has 0 bridgehead atoms. The van der Waals surface area contributed by atoms with Crippen molar-refractivity contribution >= 4 is 11.6 Å². The number of ether oxygens (including phenoxy) is 1. The molecule has 0 saturated heterocycles. The van der Waals surface area contributed by atoms with Gasteiger partial charge in [-0.2, -0.15) is 0 Å². The molecule has 0 aliphatic carbocycles. The van der Waals surface area contributed by atoms with Crippen molar-refractivity contribution in [2.75, 3.05) is 26.1 Å². The van der Waals surface area contributed by atoms with Crippen molar-refractivity contribution in [1.82, 2.24) is 5.32 Å². The molecule has 1 rings (SSSR count). The molecular formula is C15H24ClNO. The summed E-state index contributed by atoms with van der Waals surface area (Å²) < 4.78 is 5.36. The van der Waals surface area contributed by atoms with Gasteiger partial charge in [0.1, 0.15) is 5.75 Å². The smallest absolute Gasteiger partial charge is 0.122 e. The highest BCUT2D eigenvalue weighted by molar-refractivity contribution is 6.18. The van der Waals surface area contributed by atoms with Gasteiger partial charge in [0.25, 0.3) is 0 Å². The van der Waals surface area contributed by atoms with Crippen molar-refractivity contribution in [2.24, 2.45) is 0 Å². The highest BCUT2D eigenvalue weighted by atomic mass is 35.5. The van der Waals surface area contributed by atoms with E-state index in [0.717, 1.165) is 18.8 Å². The van der Waals surface area contributed by atoms with Crippen LogP contribution in [0.3, 0.4) is 0 Å². The van der Waals surface area contributed by atoms with Crippen LogP contribution in [-0.2, 0) is 5.41 Å². The highest BCUT2D eigenvalue weighted by Crippen LogP contribution is 2.31. The molecule has 0 aromatic heterocycles. The van der Waals surface area contributed by atoms with Gasteiger partial charge in [0, 0.05) is 24.4 Å². The summed E-state index contributed by atoms with van der Waals surface area (Å²) >= 11 is 5.69. The van der Waals surface area contributed by atoms with Crippen LogP contribution in [0.25, 0.3) is 0 Å². The Hall–Kier alpha value is -0.730. The van der Waals surface area contributed by atoms with Gasteiger partial charge in [-0.05, 0) is 36.6 Å². The quantitative estimate of drug-likeness (QED) is 0.631. The zero-order chi connectivity index (χ0) is 13.8. The Bertz CT molecular complexity index is 402. The van der Waals surface area contributed by atoms with Gasteiger partial charge in [-0.1, -0.05) is 19.9 Å². The molecule has 1 N–H and O–H groups in total. The van der Waals surface area contributed by atoms with Crippen LogP contribution in [0.15, 0.2) is 12.1 Å². The van der Waals surface area contributed by atoms with Crippen LogP contribution >= 0.6 is 11.6 Å². The van der Waals surface area contributed by atoms with Crippen molar-refractivity contribution in [2.45, 2.75) is 33.1 Å². The van der Waals surface area contributed by atoms with E-state index in [-0.39, 0.29) is 5.41 Å². The molecule has 18 heavy (non-hydrogen) atoms.